The third-order valence-electron chi connectivity index (χ3n) is 8.07. The van der Waals surface area contributed by atoms with Crippen molar-refractivity contribution in [1.29, 1.82) is 0 Å². The fourth-order valence-corrected chi connectivity index (χ4v) is 7.12. The summed E-state index contributed by atoms with van der Waals surface area (Å²) in [6.45, 7) is 16.9. The van der Waals surface area contributed by atoms with E-state index in [1.807, 2.05) is 32.4 Å². The molecular formula is C33H52N9O13P. The number of H-pyrrole nitrogens is 1. The molecule has 312 valence electrons. The molecule has 1 aliphatic rings. The van der Waals surface area contributed by atoms with Crippen LogP contribution in [0.2, 0.25) is 0 Å². The number of amides is 4. The summed E-state index contributed by atoms with van der Waals surface area (Å²) < 4.78 is 30.7. The van der Waals surface area contributed by atoms with Gasteiger partial charge in [0.15, 0.2) is 0 Å². The lowest BCUT2D eigenvalue weighted by atomic mass is 10.2. The first-order valence-electron chi connectivity index (χ1n) is 17.7. The Morgan fingerprint density at radius 1 is 0.911 bits per heavy atom. The summed E-state index contributed by atoms with van der Waals surface area (Å²) in [6.07, 6.45) is -1.09. The topological polar surface area (TPSA) is 262 Å². The zero-order chi connectivity index (χ0) is 41.9. The van der Waals surface area contributed by atoms with E-state index < -0.39 is 73.8 Å². The Morgan fingerprint density at radius 3 is 1.93 bits per heavy atom. The number of nitrogens with one attached hydrogen (secondary N) is 5. The first-order chi connectivity index (χ1) is 26.5. The van der Waals surface area contributed by atoms with Crippen LogP contribution in [0.15, 0.2) is 15.8 Å². The van der Waals surface area contributed by atoms with Gasteiger partial charge in [-0.25, -0.2) is 25.6 Å². The second kappa shape index (κ2) is 24.0. The summed E-state index contributed by atoms with van der Waals surface area (Å²) in [5.74, 6) is -6.10. The quantitative estimate of drug-likeness (QED) is 0.0311. The van der Waals surface area contributed by atoms with Crippen LogP contribution in [0, 0.1) is 13.5 Å². The number of esters is 2. The molecule has 1 aromatic rings. The Labute approximate surface area is 325 Å². The van der Waals surface area contributed by atoms with Gasteiger partial charge in [0.2, 0.25) is 6.54 Å². The van der Waals surface area contributed by atoms with E-state index in [0.29, 0.717) is 0 Å². The first kappa shape index (κ1) is 47.4. The molecule has 1 saturated heterocycles. The number of aromatic nitrogens is 2. The maximum atomic E-state index is 13.0. The van der Waals surface area contributed by atoms with E-state index in [9.17, 15) is 38.4 Å². The summed E-state index contributed by atoms with van der Waals surface area (Å²) >= 11 is 0. The van der Waals surface area contributed by atoms with Crippen LogP contribution in [0.25, 0.3) is 4.85 Å². The number of hydrogen-bond acceptors (Lipinski definition) is 15. The Morgan fingerprint density at radius 2 is 1.43 bits per heavy atom. The Hall–Kier alpha value is -4.78. The minimum Gasteiger partial charge on any atom is -0.462 e. The molecule has 2 rings (SSSR count). The fourth-order valence-electron chi connectivity index (χ4n) is 5.37. The molecular weight excluding hydrogens is 761 g/mol. The van der Waals surface area contributed by atoms with Gasteiger partial charge in [-0.2, -0.15) is 0 Å². The van der Waals surface area contributed by atoms with Gasteiger partial charge in [-0.05, 0) is 34.6 Å². The lowest BCUT2D eigenvalue weighted by molar-refractivity contribution is -0.152. The third kappa shape index (κ3) is 15.0. The molecule has 4 amide bonds. The number of rotatable bonds is 20. The largest absolute Gasteiger partial charge is 0.462 e. The van der Waals surface area contributed by atoms with Gasteiger partial charge >= 0.3 is 41.3 Å². The molecule has 4 atom stereocenters. The van der Waals surface area contributed by atoms with Gasteiger partial charge in [-0.1, -0.05) is 0 Å². The SMILES string of the molecule is [C-]#[N+]CCOP(OC1CC(n2cc(C)c(=O)[nH]c2=O)OC1CNC(=O)C(=O)NCCN(CCNC(=O)C(=O)OC)CCNC(=O)C(=O)OC)N(C(C)C)C(C)C. The number of carbonyl (C=O) groups is 6. The number of nitrogens with zero attached hydrogens (tertiary/aromatic N) is 4. The summed E-state index contributed by atoms with van der Waals surface area (Å²) in [5, 5.41) is 9.78. The molecule has 0 radical (unpaired) electrons. The van der Waals surface area contributed by atoms with Crippen molar-refractivity contribution >= 4 is 44.1 Å². The Bertz CT molecular complexity index is 1640. The lowest BCUT2D eigenvalue weighted by Gasteiger charge is -2.37. The molecule has 23 heteroatoms. The van der Waals surface area contributed by atoms with Crippen LogP contribution >= 0.6 is 8.53 Å². The normalized spacial score (nSPS) is 17.0. The number of aromatic amines is 1. The third-order valence-corrected chi connectivity index (χ3v) is 10.2. The minimum absolute atomic E-state index is 0.0113. The van der Waals surface area contributed by atoms with E-state index >= 15 is 0 Å². The van der Waals surface area contributed by atoms with Crippen LogP contribution in [0.1, 0.15) is 45.9 Å². The van der Waals surface area contributed by atoms with Gasteiger partial charge in [0.05, 0.1) is 20.3 Å². The fraction of sp³-hybridized carbons (Fsp3) is 0.667. The van der Waals surface area contributed by atoms with Crippen LogP contribution in [0.4, 0.5) is 0 Å². The van der Waals surface area contributed by atoms with Crippen molar-refractivity contribution in [2.45, 2.75) is 71.6 Å². The van der Waals surface area contributed by atoms with Crippen LogP contribution in [0.5, 0.6) is 0 Å². The first-order valence-corrected chi connectivity index (χ1v) is 18.9. The predicted octanol–water partition coefficient (Wildman–Crippen LogP) is -2.09. The molecule has 0 aliphatic carbocycles. The second-order valence-corrected chi connectivity index (χ2v) is 14.2. The average molecular weight is 814 g/mol. The number of methoxy groups -OCH3 is 2. The van der Waals surface area contributed by atoms with E-state index in [1.54, 1.807) is 4.90 Å². The molecule has 0 bridgehead atoms. The van der Waals surface area contributed by atoms with E-state index in [0.717, 1.165) is 14.2 Å². The molecule has 56 heavy (non-hydrogen) atoms. The molecule has 1 aromatic heterocycles. The monoisotopic (exact) mass is 813 g/mol. The van der Waals surface area contributed by atoms with E-state index in [4.69, 9.17) is 20.4 Å². The molecule has 1 aliphatic heterocycles. The number of hydrogen-bond donors (Lipinski definition) is 5. The van der Waals surface area contributed by atoms with Gasteiger partial charge in [0, 0.05) is 76.1 Å². The molecule has 0 saturated carbocycles. The highest BCUT2D eigenvalue weighted by Gasteiger charge is 2.42. The van der Waals surface area contributed by atoms with Crippen molar-refractivity contribution in [3.63, 3.8) is 0 Å². The van der Waals surface area contributed by atoms with Crippen LogP contribution in [-0.4, -0.2) is 152 Å². The van der Waals surface area contributed by atoms with E-state index in [1.165, 1.54) is 17.7 Å². The van der Waals surface area contributed by atoms with Crippen LogP contribution in [-0.2, 0) is 52.0 Å². The second-order valence-electron chi connectivity index (χ2n) is 12.8. The van der Waals surface area contributed by atoms with Gasteiger partial charge in [0.1, 0.15) is 18.9 Å². The summed E-state index contributed by atoms with van der Waals surface area (Å²) in [7, 11) is 0.348. The van der Waals surface area contributed by atoms with Gasteiger partial charge < -0.3 is 49.4 Å². The van der Waals surface area contributed by atoms with Crippen molar-refractivity contribution in [2.24, 2.45) is 0 Å². The highest BCUT2D eigenvalue weighted by Crippen LogP contribution is 2.49. The standard InChI is InChI=1S/C33H52N9O13P/c1-20(2)42(21(3)4)56(53-16-12-34-6)55-23-17-25(41-19-22(5)26(43)39-33(41)50)54-24(23)18-38-28(45)27(44)35-9-13-40(14-10-36-29(46)31(48)51-7)15-11-37-30(47)32(49)52-8/h19-21,23-25H,9-18H2,1-5,7-8H3,(H,35,44)(H,36,46)(H,37,47)(H,38,45)(H,39,43,50). The summed E-state index contributed by atoms with van der Waals surface area (Å²) in [5.41, 5.74) is -0.988. The summed E-state index contributed by atoms with van der Waals surface area (Å²) in [4.78, 5) is 104. The van der Waals surface area contributed by atoms with Gasteiger partial charge in [-0.3, -0.25) is 38.4 Å². The molecule has 0 aromatic carbocycles. The average Bonchev–Trinajstić information content (AvgIpc) is 3.55. The van der Waals surface area contributed by atoms with Gasteiger partial charge in [-0.15, -0.1) is 0 Å². The zero-order valence-corrected chi connectivity index (χ0v) is 33.5. The van der Waals surface area contributed by atoms with Crippen LogP contribution < -0.4 is 32.5 Å². The molecule has 1 fully saturated rings. The van der Waals surface area contributed by atoms with Crippen molar-refractivity contribution in [1.82, 2.24) is 40.4 Å². The molecule has 2 heterocycles. The number of ether oxygens (including phenoxy) is 3. The predicted molar refractivity (Wildman–Crippen MR) is 198 cm³/mol. The van der Waals surface area contributed by atoms with Crippen LogP contribution in [0.3, 0.4) is 0 Å². The highest BCUT2D eigenvalue weighted by atomic mass is 31.2. The molecule has 0 spiro atoms. The maximum Gasteiger partial charge on any atom is 0.396 e. The zero-order valence-electron chi connectivity index (χ0n) is 32.6. The Kier molecular flexibility index (Phi) is 20.3. The van der Waals surface area contributed by atoms with E-state index in [-0.39, 0.29) is 83.0 Å². The number of aryl methyl sites for hydroxylation is 1. The van der Waals surface area contributed by atoms with Gasteiger partial charge in [0.25, 0.3) is 14.1 Å². The van der Waals surface area contributed by atoms with E-state index in [2.05, 4.69) is 40.6 Å². The highest BCUT2D eigenvalue weighted by molar-refractivity contribution is 7.44. The Balaban J connectivity index is 2.14. The minimum atomic E-state index is -1.76. The van der Waals surface area contributed by atoms with Crippen molar-refractivity contribution < 1.29 is 52.0 Å². The molecule has 22 nitrogen and oxygen atoms in total. The lowest BCUT2D eigenvalue weighted by Crippen LogP contribution is -2.48. The molecule has 4 unspecified atom stereocenters. The molecule has 5 N–H and O–H groups in total. The summed E-state index contributed by atoms with van der Waals surface area (Å²) in [6, 6.07) is -0.0433. The van der Waals surface area contributed by atoms with Crippen molar-refractivity contribution in [2.75, 3.05) is 73.2 Å². The maximum absolute atomic E-state index is 13.0. The van der Waals surface area contributed by atoms with Crippen molar-refractivity contribution in [3.8, 4) is 0 Å². The number of carbonyl (C=O) groups excluding carboxylic acids is 6. The smallest absolute Gasteiger partial charge is 0.396 e. The van der Waals surface area contributed by atoms with Crippen molar-refractivity contribution in [3.05, 3.63) is 44.0 Å².